The molecule has 1 atom stereocenters. The molecule has 0 fully saturated rings. The van der Waals surface area contributed by atoms with Gasteiger partial charge >= 0.3 is 0 Å². The van der Waals surface area contributed by atoms with Gasteiger partial charge in [-0.2, -0.15) is 0 Å². The highest BCUT2D eigenvalue weighted by Crippen LogP contribution is 2.44. The number of fused-ring (bicyclic) bond motifs is 3. The van der Waals surface area contributed by atoms with Crippen LogP contribution in [-0.2, 0) is 29.2 Å². The van der Waals surface area contributed by atoms with Gasteiger partial charge in [-0.05, 0) is 51.1 Å². The lowest BCUT2D eigenvalue weighted by atomic mass is 9.95. The molecule has 0 heterocycles. The summed E-state index contributed by atoms with van der Waals surface area (Å²) in [6, 6.07) is 40.2. The highest BCUT2D eigenvalue weighted by molar-refractivity contribution is 5.98. The first-order valence-corrected chi connectivity index (χ1v) is 14.3. The number of benzene rings is 5. The Labute approximate surface area is 251 Å². The predicted octanol–water partition coefficient (Wildman–Crippen LogP) is 6.17. The Hall–Kier alpha value is -5.36. The molecule has 0 saturated carbocycles. The van der Waals surface area contributed by atoms with E-state index in [0.717, 1.165) is 38.9 Å². The Morgan fingerprint density at radius 2 is 1.14 bits per heavy atom. The number of ether oxygens (including phenoxy) is 2. The van der Waals surface area contributed by atoms with Crippen molar-refractivity contribution in [2.45, 2.75) is 31.6 Å². The highest BCUT2D eigenvalue weighted by Gasteiger charge is 2.35. The summed E-state index contributed by atoms with van der Waals surface area (Å²) in [7, 11) is 0. The zero-order chi connectivity index (χ0) is 29.6. The quantitative estimate of drug-likeness (QED) is 0.199. The highest BCUT2D eigenvalue weighted by atomic mass is 16.5. The molecule has 0 aliphatic heterocycles. The number of hydrogen-bond donors (Lipinski definition) is 2. The number of carbonyl (C=O) groups excluding carboxylic acids is 2. The Balaban J connectivity index is 1.22. The van der Waals surface area contributed by atoms with Crippen molar-refractivity contribution in [3.05, 3.63) is 155 Å². The fraction of sp³-hybridized carbons (Fsp3) is 0.135. The van der Waals surface area contributed by atoms with Crippen molar-refractivity contribution >= 4 is 11.8 Å². The monoisotopic (exact) mass is 568 g/mol. The third-order valence-corrected chi connectivity index (χ3v) is 7.68. The average molecular weight is 569 g/mol. The largest absolute Gasteiger partial charge is 0.485 e. The summed E-state index contributed by atoms with van der Waals surface area (Å²) in [5.74, 6) is -0.255. The van der Waals surface area contributed by atoms with Crippen LogP contribution in [0.25, 0.3) is 11.1 Å². The normalized spacial score (nSPS) is 12.6. The van der Waals surface area contributed by atoms with E-state index in [1.54, 1.807) is 0 Å². The number of primary amides is 1. The molecule has 0 saturated heterocycles. The SMILES string of the molecule is NC(=O)[C@@H](Cc1ccc(OCc2ccccc2)c(OCc2ccccc2)c1)NC(=O)C1c2ccccc2-c2ccccc21. The van der Waals surface area contributed by atoms with Crippen LogP contribution < -0.4 is 20.5 Å². The van der Waals surface area contributed by atoms with Gasteiger partial charge in [0.1, 0.15) is 19.3 Å². The second-order valence-electron chi connectivity index (χ2n) is 10.6. The van der Waals surface area contributed by atoms with Crippen molar-refractivity contribution in [1.29, 1.82) is 0 Å². The maximum atomic E-state index is 13.7. The fourth-order valence-electron chi connectivity index (χ4n) is 5.53. The van der Waals surface area contributed by atoms with Crippen LogP contribution >= 0.6 is 0 Å². The summed E-state index contributed by atoms with van der Waals surface area (Å²) >= 11 is 0. The van der Waals surface area contributed by atoms with Crippen molar-refractivity contribution in [3.8, 4) is 22.6 Å². The molecule has 5 aromatic carbocycles. The first-order chi connectivity index (χ1) is 21.1. The zero-order valence-electron chi connectivity index (χ0n) is 23.6. The molecule has 3 N–H and O–H groups in total. The maximum absolute atomic E-state index is 13.7. The van der Waals surface area contributed by atoms with E-state index >= 15 is 0 Å². The van der Waals surface area contributed by atoms with E-state index in [-0.39, 0.29) is 12.3 Å². The van der Waals surface area contributed by atoms with Crippen molar-refractivity contribution < 1.29 is 19.1 Å². The molecule has 0 radical (unpaired) electrons. The molecule has 1 aliphatic carbocycles. The maximum Gasteiger partial charge on any atom is 0.240 e. The first-order valence-electron chi connectivity index (χ1n) is 14.3. The van der Waals surface area contributed by atoms with E-state index in [4.69, 9.17) is 15.2 Å². The van der Waals surface area contributed by atoms with Crippen LogP contribution in [0, 0.1) is 0 Å². The van der Waals surface area contributed by atoms with Crippen LogP contribution in [0.5, 0.6) is 11.5 Å². The molecule has 0 bridgehead atoms. The van der Waals surface area contributed by atoms with E-state index in [9.17, 15) is 9.59 Å². The minimum atomic E-state index is -0.912. The molecule has 0 aromatic heterocycles. The summed E-state index contributed by atoms with van der Waals surface area (Å²) in [5, 5.41) is 2.94. The number of carbonyl (C=O) groups is 2. The van der Waals surface area contributed by atoms with Crippen LogP contribution in [0.1, 0.15) is 33.7 Å². The van der Waals surface area contributed by atoms with Crippen LogP contribution in [0.3, 0.4) is 0 Å². The third kappa shape index (κ3) is 6.28. The Morgan fingerprint density at radius 3 is 1.70 bits per heavy atom. The lowest BCUT2D eigenvalue weighted by molar-refractivity contribution is -0.127. The first kappa shape index (κ1) is 27.8. The summed E-state index contributed by atoms with van der Waals surface area (Å²) in [6.07, 6.45) is 0.206. The molecule has 0 unspecified atom stereocenters. The van der Waals surface area contributed by atoms with E-state index in [2.05, 4.69) is 5.32 Å². The molecule has 1 aliphatic rings. The van der Waals surface area contributed by atoms with Crippen molar-refractivity contribution in [2.24, 2.45) is 5.73 Å². The number of nitrogens with two attached hydrogens (primary N) is 1. The minimum Gasteiger partial charge on any atom is -0.485 e. The van der Waals surface area contributed by atoms with Crippen molar-refractivity contribution in [1.82, 2.24) is 5.32 Å². The summed E-state index contributed by atoms with van der Waals surface area (Å²) < 4.78 is 12.3. The van der Waals surface area contributed by atoms with Gasteiger partial charge in [0.25, 0.3) is 0 Å². The minimum absolute atomic E-state index is 0.206. The lowest BCUT2D eigenvalue weighted by Gasteiger charge is -2.21. The number of nitrogens with one attached hydrogen (secondary N) is 1. The molecular weight excluding hydrogens is 536 g/mol. The topological polar surface area (TPSA) is 90.7 Å². The van der Waals surface area contributed by atoms with E-state index in [1.807, 2.05) is 127 Å². The van der Waals surface area contributed by atoms with Crippen LogP contribution in [0.15, 0.2) is 127 Å². The van der Waals surface area contributed by atoms with Gasteiger partial charge in [0.2, 0.25) is 11.8 Å². The molecule has 6 nitrogen and oxygen atoms in total. The Bertz CT molecular complexity index is 1690. The molecule has 43 heavy (non-hydrogen) atoms. The van der Waals surface area contributed by atoms with Crippen molar-refractivity contribution in [2.75, 3.05) is 0 Å². The Kier molecular flexibility index (Phi) is 8.18. The second kappa shape index (κ2) is 12.7. The Morgan fingerprint density at radius 1 is 0.628 bits per heavy atom. The van der Waals surface area contributed by atoms with E-state index in [0.29, 0.717) is 24.7 Å². The molecule has 6 heteroatoms. The van der Waals surface area contributed by atoms with Gasteiger partial charge < -0.3 is 20.5 Å². The van der Waals surface area contributed by atoms with Gasteiger partial charge in [-0.25, -0.2) is 0 Å². The van der Waals surface area contributed by atoms with Crippen LogP contribution in [0.2, 0.25) is 0 Å². The van der Waals surface area contributed by atoms with E-state index < -0.39 is 17.9 Å². The lowest BCUT2D eigenvalue weighted by Crippen LogP contribution is -2.47. The average Bonchev–Trinajstić information content (AvgIpc) is 3.38. The zero-order valence-corrected chi connectivity index (χ0v) is 23.6. The van der Waals surface area contributed by atoms with Gasteiger partial charge in [-0.3, -0.25) is 9.59 Å². The van der Waals surface area contributed by atoms with Gasteiger partial charge in [-0.15, -0.1) is 0 Å². The van der Waals surface area contributed by atoms with Gasteiger partial charge in [0.15, 0.2) is 11.5 Å². The number of hydrogen-bond acceptors (Lipinski definition) is 4. The van der Waals surface area contributed by atoms with E-state index in [1.165, 1.54) is 0 Å². The fourth-order valence-corrected chi connectivity index (χ4v) is 5.53. The molecular formula is C37H32N2O4. The van der Waals surface area contributed by atoms with Gasteiger partial charge in [-0.1, -0.05) is 115 Å². The molecule has 5 aromatic rings. The number of rotatable bonds is 11. The molecule has 214 valence electrons. The standard InChI is InChI=1S/C37H32N2O4/c38-36(40)32(39-37(41)35-30-17-9-7-15-28(30)29-16-8-10-18-31(29)35)21-27-19-20-33(42-23-25-11-3-1-4-12-25)34(22-27)43-24-26-13-5-2-6-14-26/h1-20,22,32,35H,21,23-24H2,(H2,38,40)(H,39,41)/t32-/m1/s1. The molecule has 2 amide bonds. The predicted molar refractivity (Wildman–Crippen MR) is 167 cm³/mol. The summed E-state index contributed by atoms with van der Waals surface area (Å²) in [6.45, 7) is 0.731. The van der Waals surface area contributed by atoms with Gasteiger partial charge in [0.05, 0.1) is 5.92 Å². The van der Waals surface area contributed by atoms with Crippen LogP contribution in [-0.4, -0.2) is 17.9 Å². The summed E-state index contributed by atoms with van der Waals surface area (Å²) in [4.78, 5) is 26.3. The smallest absolute Gasteiger partial charge is 0.240 e. The summed E-state index contributed by atoms with van der Waals surface area (Å²) in [5.41, 5.74) is 12.6. The van der Waals surface area contributed by atoms with Crippen molar-refractivity contribution in [3.63, 3.8) is 0 Å². The molecule has 6 rings (SSSR count). The van der Waals surface area contributed by atoms with Gasteiger partial charge in [0, 0.05) is 6.42 Å². The number of amides is 2. The second-order valence-corrected chi connectivity index (χ2v) is 10.6. The molecule has 0 spiro atoms. The van der Waals surface area contributed by atoms with Crippen LogP contribution in [0.4, 0.5) is 0 Å². The third-order valence-electron chi connectivity index (χ3n) is 7.68.